The van der Waals surface area contributed by atoms with Gasteiger partial charge in [0.25, 0.3) is 6.47 Å². The second kappa shape index (κ2) is 20.0. The third-order valence-electron chi connectivity index (χ3n) is 10.0. The van der Waals surface area contributed by atoms with Crippen LogP contribution in [0.25, 0.3) is 0 Å². The minimum Gasteiger partial charge on any atom is -0.456 e. The van der Waals surface area contributed by atoms with E-state index < -0.39 is 18.3 Å². The molecule has 1 aliphatic heterocycles. The van der Waals surface area contributed by atoms with Gasteiger partial charge in [0, 0.05) is 25.9 Å². The Morgan fingerprint density at radius 1 is 0.667 bits per heavy atom. The fourth-order valence-electron chi connectivity index (χ4n) is 6.78. The number of rotatable bonds is 13. The van der Waals surface area contributed by atoms with E-state index in [0.29, 0.717) is 56.8 Å². The van der Waals surface area contributed by atoms with Crippen molar-refractivity contribution in [2.45, 2.75) is 94.3 Å². The van der Waals surface area contributed by atoms with Gasteiger partial charge in [0.15, 0.2) is 23.8 Å². The number of allylic oxidation sites excluding steroid dienone is 20. The molecule has 0 aromatic heterocycles. The summed E-state index contributed by atoms with van der Waals surface area (Å²) in [6.07, 6.45) is 27.3. The van der Waals surface area contributed by atoms with Crippen LogP contribution >= 0.6 is 0 Å². The maximum atomic E-state index is 13.2. The van der Waals surface area contributed by atoms with E-state index in [1.165, 1.54) is 0 Å². The standard InChI is InChI=1S/C46H59NO7/c1-32(17-13-19-34(3)21-23-38-36(5)42(49)40(53-31-48)29-45(38,7)8)15-11-12-16-33(2)18-14-20-35(4)22-24-39-37(6)43(50)41(30-46(39,9)10)54-44(51)47-25-27-52-28-26-47/h11-24,31,40-41H,25-30H2,1-10H3/b12-11+,17-13+,18-14+,23-21+,24-22+,32-15+,33-16+,34-19+,35-20+. The summed E-state index contributed by atoms with van der Waals surface area (Å²) in [6, 6.07) is 0. The van der Waals surface area contributed by atoms with Crippen LogP contribution in [0.3, 0.4) is 0 Å². The number of carbonyl (C=O) groups excluding carboxylic acids is 4. The quantitative estimate of drug-likeness (QED) is 0.137. The van der Waals surface area contributed by atoms with Gasteiger partial charge >= 0.3 is 6.09 Å². The molecule has 3 aliphatic rings. The van der Waals surface area contributed by atoms with E-state index in [-0.39, 0.29) is 22.4 Å². The molecule has 0 spiro atoms. The molecule has 0 aromatic carbocycles. The van der Waals surface area contributed by atoms with Crippen LogP contribution in [0.2, 0.25) is 0 Å². The predicted molar refractivity (Wildman–Crippen MR) is 217 cm³/mol. The highest BCUT2D eigenvalue weighted by atomic mass is 16.6. The molecule has 0 radical (unpaired) electrons. The number of ether oxygens (including phenoxy) is 3. The second-order valence-electron chi connectivity index (χ2n) is 15.6. The number of ketones is 2. The molecule has 2 aliphatic carbocycles. The van der Waals surface area contributed by atoms with Crippen LogP contribution in [0.5, 0.6) is 0 Å². The highest BCUT2D eigenvalue weighted by molar-refractivity contribution is 6.02. The van der Waals surface area contributed by atoms with Crippen molar-refractivity contribution in [3.05, 3.63) is 130 Å². The molecule has 1 fully saturated rings. The largest absolute Gasteiger partial charge is 0.456 e. The van der Waals surface area contributed by atoms with Crippen LogP contribution in [-0.4, -0.2) is 67.5 Å². The number of Topliss-reactive ketones (excluding diaryl/α,β-unsaturated/α-hetero) is 2. The van der Waals surface area contributed by atoms with E-state index in [9.17, 15) is 19.2 Å². The fourth-order valence-corrected chi connectivity index (χ4v) is 6.78. The maximum Gasteiger partial charge on any atom is 0.410 e. The SMILES string of the molecule is CC1=C(/C=C/C(C)=C/C=C/C(C)=C/C=C/C=C(C)/C=C/C=C(C)/C=C/C2=C(C)C(=O)C(OC(=O)N3CCOCC3)CC2(C)C)C(C)(C)CC(OC=O)C1=O. The molecule has 0 aromatic rings. The van der Waals surface area contributed by atoms with Gasteiger partial charge in [-0.2, -0.15) is 0 Å². The zero-order valence-corrected chi connectivity index (χ0v) is 33.9. The minimum atomic E-state index is -0.785. The summed E-state index contributed by atoms with van der Waals surface area (Å²) in [7, 11) is 0. The smallest absolute Gasteiger partial charge is 0.410 e. The average Bonchev–Trinajstić information content (AvgIpc) is 3.11. The first kappa shape index (κ1) is 43.6. The Bertz CT molecular complexity index is 1770. The lowest BCUT2D eigenvalue weighted by Gasteiger charge is -2.37. The van der Waals surface area contributed by atoms with E-state index in [4.69, 9.17) is 14.2 Å². The number of carbonyl (C=O) groups is 4. The number of amides is 1. The number of hydrogen-bond acceptors (Lipinski definition) is 7. The van der Waals surface area contributed by atoms with Crippen LogP contribution < -0.4 is 0 Å². The van der Waals surface area contributed by atoms with Gasteiger partial charge in [-0.1, -0.05) is 135 Å². The van der Waals surface area contributed by atoms with E-state index in [0.717, 1.165) is 33.4 Å². The van der Waals surface area contributed by atoms with E-state index in [1.54, 1.807) is 11.8 Å². The Kier molecular flexibility index (Phi) is 16.2. The molecular formula is C46H59NO7. The molecule has 1 saturated heterocycles. The molecule has 0 saturated carbocycles. The molecule has 8 nitrogen and oxygen atoms in total. The summed E-state index contributed by atoms with van der Waals surface area (Å²) >= 11 is 0. The van der Waals surface area contributed by atoms with Crippen LogP contribution in [0, 0.1) is 10.8 Å². The van der Waals surface area contributed by atoms with Gasteiger partial charge in [0.05, 0.1) is 13.2 Å². The Morgan fingerprint density at radius 2 is 1.07 bits per heavy atom. The summed E-state index contributed by atoms with van der Waals surface area (Å²) in [5.41, 5.74) is 6.85. The lowest BCUT2D eigenvalue weighted by atomic mass is 9.71. The molecule has 2 unspecified atom stereocenters. The van der Waals surface area contributed by atoms with Gasteiger partial charge in [-0.3, -0.25) is 14.4 Å². The summed E-state index contributed by atoms with van der Waals surface area (Å²) < 4.78 is 16.0. The van der Waals surface area contributed by atoms with Gasteiger partial charge in [0.1, 0.15) is 0 Å². The predicted octanol–water partition coefficient (Wildman–Crippen LogP) is 9.56. The third-order valence-corrected chi connectivity index (χ3v) is 10.0. The Hall–Kier alpha value is -4.82. The van der Waals surface area contributed by atoms with Crippen molar-refractivity contribution in [3.63, 3.8) is 0 Å². The Morgan fingerprint density at radius 3 is 1.54 bits per heavy atom. The molecule has 1 amide bonds. The molecule has 54 heavy (non-hydrogen) atoms. The van der Waals surface area contributed by atoms with Gasteiger partial charge in [-0.15, -0.1) is 0 Å². The Balaban J connectivity index is 1.54. The van der Waals surface area contributed by atoms with Gasteiger partial charge < -0.3 is 19.1 Å². The summed E-state index contributed by atoms with van der Waals surface area (Å²) in [5.74, 6) is -0.276. The van der Waals surface area contributed by atoms with Crippen LogP contribution in [0.1, 0.15) is 82.1 Å². The van der Waals surface area contributed by atoms with E-state index in [1.807, 2.05) is 120 Å². The van der Waals surface area contributed by atoms with Crippen molar-refractivity contribution in [1.29, 1.82) is 0 Å². The monoisotopic (exact) mass is 737 g/mol. The lowest BCUT2D eigenvalue weighted by molar-refractivity contribution is -0.144. The van der Waals surface area contributed by atoms with Gasteiger partial charge in [0.2, 0.25) is 0 Å². The van der Waals surface area contributed by atoms with Crippen molar-refractivity contribution in [2.75, 3.05) is 26.3 Å². The first-order valence-corrected chi connectivity index (χ1v) is 18.7. The van der Waals surface area contributed by atoms with E-state index >= 15 is 0 Å². The first-order valence-electron chi connectivity index (χ1n) is 18.7. The third kappa shape index (κ3) is 12.7. The molecule has 0 bridgehead atoms. The van der Waals surface area contributed by atoms with Crippen LogP contribution in [0.4, 0.5) is 4.79 Å². The molecule has 8 heteroatoms. The highest BCUT2D eigenvalue weighted by Gasteiger charge is 2.41. The molecular weight excluding hydrogens is 679 g/mol. The minimum absolute atomic E-state index is 0.136. The summed E-state index contributed by atoms with van der Waals surface area (Å²) in [5, 5.41) is 0. The molecule has 3 rings (SSSR count). The molecule has 0 N–H and O–H groups in total. The Labute approximate surface area is 322 Å². The molecule has 1 heterocycles. The first-order chi connectivity index (χ1) is 25.5. The molecule has 290 valence electrons. The maximum absolute atomic E-state index is 13.2. The highest BCUT2D eigenvalue weighted by Crippen LogP contribution is 2.42. The van der Waals surface area contributed by atoms with Crippen molar-refractivity contribution in [2.24, 2.45) is 10.8 Å². The van der Waals surface area contributed by atoms with Crippen molar-refractivity contribution in [1.82, 2.24) is 4.90 Å². The second-order valence-corrected chi connectivity index (χ2v) is 15.6. The summed E-state index contributed by atoms with van der Waals surface area (Å²) in [6.45, 7) is 22.3. The molecule has 2 atom stereocenters. The van der Waals surface area contributed by atoms with Gasteiger partial charge in [-0.05, 0) is 74.7 Å². The topological polar surface area (TPSA) is 99.2 Å². The van der Waals surface area contributed by atoms with Crippen LogP contribution in [-0.2, 0) is 28.6 Å². The number of hydrogen-bond donors (Lipinski definition) is 0. The lowest BCUT2D eigenvalue weighted by Crippen LogP contribution is -2.45. The van der Waals surface area contributed by atoms with Gasteiger partial charge in [-0.25, -0.2) is 4.79 Å². The van der Waals surface area contributed by atoms with E-state index in [2.05, 4.69) is 27.7 Å². The van der Waals surface area contributed by atoms with Crippen molar-refractivity contribution < 1.29 is 33.4 Å². The van der Waals surface area contributed by atoms with Crippen molar-refractivity contribution >= 4 is 24.1 Å². The zero-order chi connectivity index (χ0) is 40.1. The normalized spacial score (nSPS) is 23.6. The number of morpholine rings is 1. The van der Waals surface area contributed by atoms with Crippen LogP contribution in [0.15, 0.2) is 130 Å². The summed E-state index contributed by atoms with van der Waals surface area (Å²) in [4.78, 5) is 50.9. The average molecular weight is 738 g/mol. The number of nitrogens with zero attached hydrogens (tertiary/aromatic N) is 1. The van der Waals surface area contributed by atoms with Crippen molar-refractivity contribution in [3.8, 4) is 0 Å². The fraction of sp³-hybridized carbons (Fsp3) is 0.435. The zero-order valence-electron chi connectivity index (χ0n) is 33.9.